The van der Waals surface area contributed by atoms with Crippen LogP contribution in [0.15, 0.2) is 42.5 Å². The van der Waals surface area contributed by atoms with Crippen LogP contribution in [0, 0.1) is 11.8 Å². The molecule has 3 rings (SSSR count). The number of hydrogen-bond acceptors (Lipinski definition) is 3. The minimum absolute atomic E-state index is 0.205. The van der Waals surface area contributed by atoms with Crippen molar-refractivity contribution in [1.82, 2.24) is 15.1 Å². The molecule has 0 saturated carbocycles. The van der Waals surface area contributed by atoms with Crippen molar-refractivity contribution >= 4 is 28.6 Å². The molecule has 6 heteroatoms. The van der Waals surface area contributed by atoms with Gasteiger partial charge in [0.25, 0.3) is 5.91 Å². The summed E-state index contributed by atoms with van der Waals surface area (Å²) in [7, 11) is 0. The van der Waals surface area contributed by atoms with E-state index in [9.17, 15) is 14.4 Å². The Labute approximate surface area is 178 Å². The second-order valence-electron chi connectivity index (χ2n) is 9.09. The van der Waals surface area contributed by atoms with Crippen LogP contribution in [0.1, 0.15) is 40.2 Å². The number of benzene rings is 2. The first-order valence-electron chi connectivity index (χ1n) is 10.5. The Morgan fingerprint density at radius 3 is 2.20 bits per heavy atom. The molecular weight excluding hydrogens is 378 g/mol. The third-order valence-electron chi connectivity index (χ3n) is 5.42. The summed E-state index contributed by atoms with van der Waals surface area (Å²) < 4.78 is 0. The lowest BCUT2D eigenvalue weighted by Gasteiger charge is -2.28. The summed E-state index contributed by atoms with van der Waals surface area (Å²) >= 11 is 0. The fourth-order valence-corrected chi connectivity index (χ4v) is 3.93. The van der Waals surface area contributed by atoms with E-state index in [0.717, 1.165) is 15.7 Å². The minimum atomic E-state index is -1.19. The van der Waals surface area contributed by atoms with E-state index in [4.69, 9.17) is 0 Å². The van der Waals surface area contributed by atoms with Gasteiger partial charge in [0.05, 0.1) is 0 Å². The van der Waals surface area contributed by atoms with Gasteiger partial charge in [-0.25, -0.2) is 4.79 Å². The van der Waals surface area contributed by atoms with E-state index >= 15 is 0 Å². The molecule has 30 heavy (non-hydrogen) atoms. The maximum atomic E-state index is 13.2. The van der Waals surface area contributed by atoms with Crippen LogP contribution in [0.25, 0.3) is 10.8 Å². The van der Waals surface area contributed by atoms with Crippen molar-refractivity contribution in [3.8, 4) is 0 Å². The number of carbonyl (C=O) groups is 3. The van der Waals surface area contributed by atoms with E-state index < -0.39 is 17.5 Å². The Bertz CT molecular complexity index is 959. The van der Waals surface area contributed by atoms with E-state index in [-0.39, 0.29) is 12.5 Å². The Hall–Kier alpha value is -2.89. The molecule has 0 bridgehead atoms. The fraction of sp³-hybridized carbons (Fsp3) is 0.458. The molecule has 1 aliphatic heterocycles. The Morgan fingerprint density at radius 2 is 1.60 bits per heavy atom. The van der Waals surface area contributed by atoms with Gasteiger partial charge in [0.1, 0.15) is 12.1 Å². The number of amides is 4. The second kappa shape index (κ2) is 8.46. The van der Waals surface area contributed by atoms with Crippen LogP contribution >= 0.6 is 0 Å². The van der Waals surface area contributed by atoms with Gasteiger partial charge in [-0.3, -0.25) is 14.5 Å². The standard InChI is InChI=1S/C24H31N3O3/c1-16(2)13-26(14-17(3)4)21(28)15-27-22(29)24(5,25-23(27)30)20-11-10-18-8-6-7-9-19(18)12-20/h6-12,16-17H,13-15H2,1-5H3,(H,25,30). The molecule has 1 fully saturated rings. The van der Waals surface area contributed by atoms with Crippen LogP contribution in [0.4, 0.5) is 4.79 Å². The van der Waals surface area contributed by atoms with Gasteiger partial charge in [0.2, 0.25) is 5.91 Å². The molecule has 160 valence electrons. The van der Waals surface area contributed by atoms with Crippen LogP contribution in [0.3, 0.4) is 0 Å². The van der Waals surface area contributed by atoms with Gasteiger partial charge in [-0.15, -0.1) is 0 Å². The monoisotopic (exact) mass is 409 g/mol. The molecule has 0 spiro atoms. The molecule has 0 aromatic heterocycles. The lowest BCUT2D eigenvalue weighted by molar-refractivity contribution is -0.139. The summed E-state index contributed by atoms with van der Waals surface area (Å²) in [5, 5.41) is 4.86. The van der Waals surface area contributed by atoms with Crippen LogP contribution in [-0.4, -0.2) is 47.3 Å². The zero-order chi connectivity index (χ0) is 22.1. The molecule has 2 aromatic rings. The minimum Gasteiger partial charge on any atom is -0.341 e. The van der Waals surface area contributed by atoms with Gasteiger partial charge < -0.3 is 10.2 Å². The van der Waals surface area contributed by atoms with E-state index in [0.29, 0.717) is 30.5 Å². The third-order valence-corrected chi connectivity index (χ3v) is 5.42. The summed E-state index contributed by atoms with van der Waals surface area (Å²) in [6.07, 6.45) is 0. The van der Waals surface area contributed by atoms with Crippen molar-refractivity contribution in [2.75, 3.05) is 19.6 Å². The van der Waals surface area contributed by atoms with Gasteiger partial charge in [0, 0.05) is 13.1 Å². The molecule has 0 aliphatic carbocycles. The van der Waals surface area contributed by atoms with Gasteiger partial charge in [-0.2, -0.15) is 0 Å². The lowest BCUT2D eigenvalue weighted by Crippen LogP contribution is -2.46. The van der Waals surface area contributed by atoms with Gasteiger partial charge >= 0.3 is 6.03 Å². The second-order valence-corrected chi connectivity index (χ2v) is 9.09. The molecule has 1 saturated heterocycles. The van der Waals surface area contributed by atoms with Crippen LogP contribution in [0.2, 0.25) is 0 Å². The number of urea groups is 1. The molecule has 1 N–H and O–H groups in total. The van der Waals surface area contributed by atoms with Crippen molar-refractivity contribution in [3.05, 3.63) is 48.0 Å². The zero-order valence-corrected chi connectivity index (χ0v) is 18.4. The van der Waals surface area contributed by atoms with Crippen LogP contribution in [0.5, 0.6) is 0 Å². The topological polar surface area (TPSA) is 69.7 Å². The number of imide groups is 1. The molecule has 2 aromatic carbocycles. The average molecular weight is 410 g/mol. The van der Waals surface area contributed by atoms with Crippen molar-refractivity contribution in [1.29, 1.82) is 0 Å². The van der Waals surface area contributed by atoms with Gasteiger partial charge in [0.15, 0.2) is 0 Å². The SMILES string of the molecule is CC(C)CN(CC(C)C)C(=O)CN1C(=O)NC(C)(c2ccc3ccccc3c2)C1=O. The summed E-state index contributed by atoms with van der Waals surface area (Å²) in [5.74, 6) is 0.00572. The van der Waals surface area contributed by atoms with Crippen molar-refractivity contribution < 1.29 is 14.4 Å². The van der Waals surface area contributed by atoms with Crippen LogP contribution < -0.4 is 5.32 Å². The van der Waals surface area contributed by atoms with Gasteiger partial charge in [-0.05, 0) is 41.2 Å². The molecule has 1 heterocycles. The predicted molar refractivity (Wildman–Crippen MR) is 118 cm³/mol. The molecule has 1 atom stereocenters. The third kappa shape index (κ3) is 4.32. The number of fused-ring (bicyclic) bond motifs is 1. The van der Waals surface area contributed by atoms with E-state index in [1.807, 2.05) is 70.2 Å². The number of hydrogen-bond donors (Lipinski definition) is 1. The van der Waals surface area contributed by atoms with E-state index in [2.05, 4.69) is 5.32 Å². The maximum Gasteiger partial charge on any atom is 0.325 e. The molecule has 6 nitrogen and oxygen atoms in total. The Morgan fingerprint density at radius 1 is 1.00 bits per heavy atom. The van der Waals surface area contributed by atoms with Crippen LogP contribution in [-0.2, 0) is 15.1 Å². The highest BCUT2D eigenvalue weighted by Crippen LogP contribution is 2.31. The molecule has 0 radical (unpaired) electrons. The average Bonchev–Trinajstić information content (AvgIpc) is 2.90. The number of carbonyl (C=O) groups excluding carboxylic acids is 3. The normalized spacial score (nSPS) is 19.1. The smallest absolute Gasteiger partial charge is 0.325 e. The summed E-state index contributed by atoms with van der Waals surface area (Å²) in [5.41, 5.74) is -0.488. The molecule has 4 amide bonds. The molecular formula is C24H31N3O3. The first kappa shape index (κ1) is 21.8. The fourth-order valence-electron chi connectivity index (χ4n) is 3.93. The van der Waals surface area contributed by atoms with Crippen molar-refractivity contribution in [2.24, 2.45) is 11.8 Å². The first-order chi connectivity index (χ1) is 14.1. The van der Waals surface area contributed by atoms with E-state index in [1.54, 1.807) is 11.8 Å². The van der Waals surface area contributed by atoms with Crippen molar-refractivity contribution in [3.63, 3.8) is 0 Å². The summed E-state index contributed by atoms with van der Waals surface area (Å²) in [6, 6.07) is 13.1. The number of nitrogens with zero attached hydrogens (tertiary/aromatic N) is 2. The Balaban J connectivity index is 1.83. The molecule has 1 unspecified atom stereocenters. The Kier molecular flexibility index (Phi) is 6.15. The van der Waals surface area contributed by atoms with E-state index in [1.165, 1.54) is 0 Å². The lowest BCUT2D eigenvalue weighted by atomic mass is 9.90. The maximum absolute atomic E-state index is 13.2. The summed E-state index contributed by atoms with van der Waals surface area (Å²) in [4.78, 5) is 41.6. The summed E-state index contributed by atoms with van der Waals surface area (Å²) in [6.45, 7) is 10.8. The number of rotatable bonds is 7. The predicted octanol–water partition coefficient (Wildman–Crippen LogP) is 3.75. The quantitative estimate of drug-likeness (QED) is 0.708. The zero-order valence-electron chi connectivity index (χ0n) is 18.4. The highest BCUT2D eigenvalue weighted by atomic mass is 16.2. The largest absolute Gasteiger partial charge is 0.341 e. The number of nitrogens with one attached hydrogen (secondary N) is 1. The highest BCUT2D eigenvalue weighted by Gasteiger charge is 2.49. The van der Waals surface area contributed by atoms with Gasteiger partial charge in [-0.1, -0.05) is 64.1 Å². The van der Waals surface area contributed by atoms with Crippen molar-refractivity contribution in [2.45, 2.75) is 40.2 Å². The first-order valence-corrected chi connectivity index (χ1v) is 10.5. The highest BCUT2D eigenvalue weighted by molar-refractivity contribution is 6.09. The molecule has 1 aliphatic rings.